The van der Waals surface area contributed by atoms with Crippen LogP contribution in [0.3, 0.4) is 0 Å². The second-order valence-corrected chi connectivity index (χ2v) is 4.71. The third-order valence-corrected chi connectivity index (χ3v) is 3.28. The van der Waals surface area contributed by atoms with E-state index in [4.69, 9.17) is 5.11 Å². The number of nitrogens with one attached hydrogen (secondary N) is 1. The van der Waals surface area contributed by atoms with Crippen molar-refractivity contribution in [3.8, 4) is 0 Å². The van der Waals surface area contributed by atoms with Crippen molar-refractivity contribution < 1.29 is 9.90 Å². The first-order valence-electron chi connectivity index (χ1n) is 6.83. The van der Waals surface area contributed by atoms with E-state index in [0.29, 0.717) is 5.69 Å². The summed E-state index contributed by atoms with van der Waals surface area (Å²) in [5.74, 6) is -0.974. The van der Waals surface area contributed by atoms with E-state index in [2.05, 4.69) is 29.6 Å². The minimum Gasteiger partial charge on any atom is -0.478 e. The van der Waals surface area contributed by atoms with Gasteiger partial charge in [0.1, 0.15) is 0 Å². The van der Waals surface area contributed by atoms with Crippen molar-refractivity contribution in [1.82, 2.24) is 0 Å². The van der Waals surface area contributed by atoms with Crippen LogP contribution < -0.4 is 5.43 Å². The van der Waals surface area contributed by atoms with Crippen molar-refractivity contribution in [3.05, 3.63) is 65.2 Å². The molecular weight excluding hydrogens is 264 g/mol. The fraction of sp³-hybridized carbons (Fsp3) is 0.176. The number of carbonyl (C=O) groups is 1. The van der Waals surface area contributed by atoms with Gasteiger partial charge in [-0.1, -0.05) is 43.3 Å². The smallest absolute Gasteiger partial charge is 0.337 e. The Kier molecular flexibility index (Phi) is 4.72. The van der Waals surface area contributed by atoms with Crippen molar-refractivity contribution in [2.24, 2.45) is 5.10 Å². The second-order valence-electron chi connectivity index (χ2n) is 4.71. The Bertz CT molecular complexity index is 661. The third kappa shape index (κ3) is 3.69. The molecule has 0 heterocycles. The first kappa shape index (κ1) is 14.8. The molecule has 0 aliphatic carbocycles. The summed E-state index contributed by atoms with van der Waals surface area (Å²) in [6, 6.07) is 14.9. The van der Waals surface area contributed by atoms with Gasteiger partial charge in [-0.05, 0) is 36.6 Å². The molecule has 4 heteroatoms. The fourth-order valence-electron chi connectivity index (χ4n) is 1.96. The summed E-state index contributed by atoms with van der Waals surface area (Å²) >= 11 is 0. The molecule has 0 spiro atoms. The molecule has 0 unspecified atom stereocenters. The van der Waals surface area contributed by atoms with E-state index in [0.717, 1.165) is 17.7 Å². The maximum atomic E-state index is 11.1. The van der Waals surface area contributed by atoms with Crippen LogP contribution in [0.2, 0.25) is 0 Å². The highest BCUT2D eigenvalue weighted by atomic mass is 16.4. The van der Waals surface area contributed by atoms with Crippen LogP contribution in [0.5, 0.6) is 0 Å². The lowest BCUT2D eigenvalue weighted by atomic mass is 10.1. The van der Waals surface area contributed by atoms with Crippen molar-refractivity contribution >= 4 is 17.4 Å². The number of hydrogen-bond donors (Lipinski definition) is 2. The van der Waals surface area contributed by atoms with E-state index in [9.17, 15) is 4.79 Å². The average Bonchev–Trinajstić information content (AvgIpc) is 2.52. The van der Waals surface area contributed by atoms with E-state index in [1.165, 1.54) is 5.56 Å². The van der Waals surface area contributed by atoms with Crippen molar-refractivity contribution in [1.29, 1.82) is 0 Å². The van der Waals surface area contributed by atoms with Gasteiger partial charge in [-0.25, -0.2) is 4.79 Å². The van der Waals surface area contributed by atoms with Crippen LogP contribution in [-0.2, 0) is 6.42 Å². The SMILES string of the molecule is CCc1ccc(C(C)=NNc2ccccc2C(=O)O)cc1. The van der Waals surface area contributed by atoms with Gasteiger partial charge in [0, 0.05) is 0 Å². The Morgan fingerprint density at radius 2 is 1.81 bits per heavy atom. The van der Waals surface area contributed by atoms with E-state index in [1.807, 2.05) is 19.1 Å². The van der Waals surface area contributed by atoms with Gasteiger partial charge in [0.15, 0.2) is 0 Å². The number of hydrogen-bond acceptors (Lipinski definition) is 3. The van der Waals surface area contributed by atoms with Gasteiger partial charge < -0.3 is 5.11 Å². The van der Waals surface area contributed by atoms with Gasteiger partial charge in [-0.15, -0.1) is 0 Å². The predicted octanol–water partition coefficient (Wildman–Crippen LogP) is 3.78. The van der Waals surface area contributed by atoms with Crippen molar-refractivity contribution in [2.45, 2.75) is 20.3 Å². The Morgan fingerprint density at radius 3 is 2.43 bits per heavy atom. The topological polar surface area (TPSA) is 61.7 Å². The summed E-state index contributed by atoms with van der Waals surface area (Å²) in [5, 5.41) is 13.4. The van der Waals surface area contributed by atoms with Crippen molar-refractivity contribution in [3.63, 3.8) is 0 Å². The molecule has 0 saturated carbocycles. The quantitative estimate of drug-likeness (QED) is 0.648. The minimum atomic E-state index is -0.974. The van der Waals surface area contributed by atoms with Gasteiger partial charge in [-0.3, -0.25) is 5.43 Å². The van der Waals surface area contributed by atoms with Crippen LogP contribution in [0.4, 0.5) is 5.69 Å². The highest BCUT2D eigenvalue weighted by Gasteiger charge is 2.08. The summed E-state index contributed by atoms with van der Waals surface area (Å²) in [4.78, 5) is 11.1. The van der Waals surface area contributed by atoms with Crippen LogP contribution in [0.1, 0.15) is 35.3 Å². The predicted molar refractivity (Wildman–Crippen MR) is 85.1 cm³/mol. The lowest BCUT2D eigenvalue weighted by molar-refractivity contribution is 0.0698. The van der Waals surface area contributed by atoms with E-state index >= 15 is 0 Å². The molecule has 21 heavy (non-hydrogen) atoms. The number of nitrogens with zero attached hydrogens (tertiary/aromatic N) is 1. The molecule has 0 fully saturated rings. The number of aryl methyl sites for hydroxylation is 1. The summed E-state index contributed by atoms with van der Waals surface area (Å²) < 4.78 is 0. The maximum Gasteiger partial charge on any atom is 0.337 e. The number of rotatable bonds is 5. The normalized spacial score (nSPS) is 11.2. The first-order chi connectivity index (χ1) is 10.1. The molecule has 0 aromatic heterocycles. The molecule has 2 aromatic rings. The molecular formula is C17H18N2O2. The highest BCUT2D eigenvalue weighted by Crippen LogP contribution is 2.15. The molecule has 108 valence electrons. The standard InChI is InChI=1S/C17H18N2O2/c1-3-13-8-10-14(11-9-13)12(2)18-19-16-7-5-4-6-15(16)17(20)21/h4-11,19H,3H2,1-2H3,(H,20,21). The van der Waals surface area contributed by atoms with Gasteiger partial charge in [0.25, 0.3) is 0 Å². The highest BCUT2D eigenvalue weighted by molar-refractivity contribution is 5.99. The molecule has 2 rings (SSSR count). The van der Waals surface area contributed by atoms with E-state index in [1.54, 1.807) is 24.3 Å². The molecule has 0 amide bonds. The molecule has 2 aromatic carbocycles. The summed E-state index contributed by atoms with van der Waals surface area (Å²) in [5.41, 5.74) is 6.60. The van der Waals surface area contributed by atoms with Crippen LogP contribution in [0, 0.1) is 0 Å². The molecule has 0 aliphatic rings. The number of carboxylic acid groups (broad SMARTS) is 1. The average molecular weight is 282 g/mol. The van der Waals surface area contributed by atoms with Gasteiger partial charge in [0.2, 0.25) is 0 Å². The van der Waals surface area contributed by atoms with Crippen LogP contribution in [0.25, 0.3) is 0 Å². The van der Waals surface area contributed by atoms with Crippen LogP contribution in [-0.4, -0.2) is 16.8 Å². The number of benzene rings is 2. The van der Waals surface area contributed by atoms with Crippen LogP contribution in [0.15, 0.2) is 53.6 Å². The summed E-state index contributed by atoms with van der Waals surface area (Å²) in [6.07, 6.45) is 1.00. The van der Waals surface area contributed by atoms with E-state index < -0.39 is 5.97 Å². The Labute approximate surface area is 124 Å². The number of carboxylic acids is 1. The summed E-state index contributed by atoms with van der Waals surface area (Å²) in [6.45, 7) is 4.00. The largest absolute Gasteiger partial charge is 0.478 e. The Balaban J connectivity index is 2.18. The zero-order valence-electron chi connectivity index (χ0n) is 12.1. The van der Waals surface area contributed by atoms with Gasteiger partial charge >= 0.3 is 5.97 Å². The Hall–Kier alpha value is -2.62. The molecule has 0 aliphatic heterocycles. The third-order valence-electron chi connectivity index (χ3n) is 3.28. The lowest BCUT2D eigenvalue weighted by Gasteiger charge is -2.07. The van der Waals surface area contributed by atoms with E-state index in [-0.39, 0.29) is 5.56 Å². The van der Waals surface area contributed by atoms with Crippen LogP contribution >= 0.6 is 0 Å². The molecule has 0 atom stereocenters. The number of anilines is 1. The second kappa shape index (κ2) is 6.70. The molecule has 0 saturated heterocycles. The first-order valence-corrected chi connectivity index (χ1v) is 6.83. The van der Waals surface area contributed by atoms with Gasteiger partial charge in [-0.2, -0.15) is 5.10 Å². The van der Waals surface area contributed by atoms with Gasteiger partial charge in [0.05, 0.1) is 17.0 Å². The number of hydrazone groups is 1. The minimum absolute atomic E-state index is 0.204. The molecule has 0 radical (unpaired) electrons. The maximum absolute atomic E-state index is 11.1. The Morgan fingerprint density at radius 1 is 1.14 bits per heavy atom. The molecule has 0 bridgehead atoms. The fourth-order valence-corrected chi connectivity index (χ4v) is 1.96. The zero-order chi connectivity index (χ0) is 15.2. The number of para-hydroxylation sites is 1. The van der Waals surface area contributed by atoms with Crippen molar-refractivity contribution in [2.75, 3.05) is 5.43 Å². The number of aromatic carboxylic acids is 1. The lowest BCUT2D eigenvalue weighted by Crippen LogP contribution is -2.04. The zero-order valence-corrected chi connectivity index (χ0v) is 12.1. The molecule has 4 nitrogen and oxygen atoms in total. The molecule has 2 N–H and O–H groups in total. The monoisotopic (exact) mass is 282 g/mol. The summed E-state index contributed by atoms with van der Waals surface area (Å²) in [7, 11) is 0.